The summed E-state index contributed by atoms with van der Waals surface area (Å²) in [6, 6.07) is 12.7. The molecule has 0 radical (unpaired) electrons. The molecular weight excluding hydrogens is 425 g/mol. The van der Waals surface area contributed by atoms with Crippen LogP contribution < -0.4 is 11.2 Å². The average Bonchev–Trinajstić information content (AvgIpc) is 3.15. The van der Waals surface area contributed by atoms with Gasteiger partial charge in [0.05, 0.1) is 5.56 Å². The SMILES string of the molecule is Cn1c(=O)c2c(nc(Cc3ccccc3)n2C(=O)c2ccc(C(F)(F)F)cc2)n(C)c1=O. The van der Waals surface area contributed by atoms with E-state index in [4.69, 9.17) is 0 Å². The minimum absolute atomic E-state index is 0.0179. The van der Waals surface area contributed by atoms with Crippen LogP contribution in [0.2, 0.25) is 0 Å². The van der Waals surface area contributed by atoms with Crippen LogP contribution in [0.1, 0.15) is 27.3 Å². The molecule has 2 heterocycles. The van der Waals surface area contributed by atoms with Gasteiger partial charge in [0.1, 0.15) is 5.82 Å². The maximum Gasteiger partial charge on any atom is 0.416 e. The number of fused-ring (bicyclic) bond motifs is 1. The van der Waals surface area contributed by atoms with Crippen LogP contribution >= 0.6 is 0 Å². The molecule has 0 fully saturated rings. The van der Waals surface area contributed by atoms with Crippen LogP contribution in [-0.4, -0.2) is 24.6 Å². The second-order valence-electron chi connectivity index (χ2n) is 7.28. The lowest BCUT2D eigenvalue weighted by molar-refractivity contribution is -0.137. The molecule has 0 atom stereocenters. The fourth-order valence-electron chi connectivity index (χ4n) is 3.49. The van der Waals surface area contributed by atoms with Crippen molar-refractivity contribution < 1.29 is 18.0 Å². The van der Waals surface area contributed by atoms with Crippen LogP contribution in [0.5, 0.6) is 0 Å². The van der Waals surface area contributed by atoms with Gasteiger partial charge < -0.3 is 0 Å². The van der Waals surface area contributed by atoms with Crippen molar-refractivity contribution in [3.63, 3.8) is 0 Å². The number of benzene rings is 2. The van der Waals surface area contributed by atoms with Crippen molar-refractivity contribution in [3.05, 3.63) is 98.0 Å². The lowest BCUT2D eigenvalue weighted by Crippen LogP contribution is -2.38. The number of carbonyl (C=O) groups is 1. The molecule has 4 rings (SSSR count). The van der Waals surface area contributed by atoms with E-state index in [1.54, 1.807) is 12.1 Å². The van der Waals surface area contributed by atoms with Gasteiger partial charge >= 0.3 is 11.9 Å². The van der Waals surface area contributed by atoms with Crippen molar-refractivity contribution in [1.29, 1.82) is 0 Å². The van der Waals surface area contributed by atoms with Crippen LogP contribution in [-0.2, 0) is 26.7 Å². The number of aromatic nitrogens is 4. The van der Waals surface area contributed by atoms with Crippen LogP contribution in [0, 0.1) is 0 Å². The Balaban J connectivity index is 1.95. The van der Waals surface area contributed by atoms with Crippen LogP contribution in [0.25, 0.3) is 11.2 Å². The first-order valence-electron chi connectivity index (χ1n) is 9.53. The molecule has 0 saturated heterocycles. The molecule has 0 aliphatic carbocycles. The van der Waals surface area contributed by atoms with Crippen molar-refractivity contribution in [2.45, 2.75) is 12.6 Å². The predicted octanol–water partition coefficient (Wildman–Crippen LogP) is 2.73. The third-order valence-electron chi connectivity index (χ3n) is 5.19. The number of imidazole rings is 1. The molecule has 2 aromatic heterocycles. The Kier molecular flexibility index (Phi) is 5.08. The van der Waals surface area contributed by atoms with E-state index in [1.165, 1.54) is 14.1 Å². The summed E-state index contributed by atoms with van der Waals surface area (Å²) in [6.07, 6.45) is -4.38. The molecule has 0 aliphatic heterocycles. The summed E-state index contributed by atoms with van der Waals surface area (Å²) in [5.41, 5.74) is -1.59. The Hall–Kier alpha value is -3.95. The number of hydrogen-bond donors (Lipinski definition) is 0. The zero-order chi connectivity index (χ0) is 23.2. The molecule has 10 heteroatoms. The quantitative estimate of drug-likeness (QED) is 0.489. The zero-order valence-electron chi connectivity index (χ0n) is 17.1. The highest BCUT2D eigenvalue weighted by atomic mass is 19.4. The minimum atomic E-state index is -4.55. The third-order valence-corrected chi connectivity index (χ3v) is 5.19. The molecule has 2 aromatic carbocycles. The third kappa shape index (κ3) is 3.53. The molecule has 164 valence electrons. The number of hydrogen-bond acceptors (Lipinski definition) is 4. The Morgan fingerprint density at radius 2 is 1.56 bits per heavy atom. The molecule has 0 amide bonds. The summed E-state index contributed by atoms with van der Waals surface area (Å²) in [7, 11) is 2.71. The van der Waals surface area contributed by atoms with E-state index in [1.807, 2.05) is 18.2 Å². The van der Waals surface area contributed by atoms with E-state index in [0.717, 1.165) is 43.5 Å². The predicted molar refractivity (Wildman–Crippen MR) is 111 cm³/mol. The van der Waals surface area contributed by atoms with Gasteiger partial charge in [-0.1, -0.05) is 30.3 Å². The summed E-state index contributed by atoms with van der Waals surface area (Å²) in [6.45, 7) is 0. The van der Waals surface area contributed by atoms with E-state index in [9.17, 15) is 27.6 Å². The number of rotatable bonds is 3. The molecule has 4 aromatic rings. The van der Waals surface area contributed by atoms with Crippen molar-refractivity contribution >= 4 is 17.1 Å². The lowest BCUT2D eigenvalue weighted by Gasteiger charge is -2.10. The molecule has 32 heavy (non-hydrogen) atoms. The Morgan fingerprint density at radius 3 is 2.16 bits per heavy atom. The first-order valence-corrected chi connectivity index (χ1v) is 9.53. The van der Waals surface area contributed by atoms with Crippen LogP contribution in [0.4, 0.5) is 13.2 Å². The second-order valence-corrected chi connectivity index (χ2v) is 7.28. The monoisotopic (exact) mass is 442 g/mol. The van der Waals surface area contributed by atoms with E-state index < -0.39 is 28.9 Å². The maximum atomic E-state index is 13.4. The van der Waals surface area contributed by atoms with E-state index in [0.29, 0.717) is 0 Å². The van der Waals surface area contributed by atoms with E-state index in [2.05, 4.69) is 4.98 Å². The lowest BCUT2D eigenvalue weighted by atomic mass is 10.1. The molecule has 0 unspecified atom stereocenters. The van der Waals surface area contributed by atoms with Gasteiger partial charge in [-0.3, -0.25) is 23.3 Å². The normalized spacial score (nSPS) is 11.8. The molecule has 0 aliphatic rings. The Labute approximate surface area is 179 Å². The highest BCUT2D eigenvalue weighted by molar-refractivity contribution is 6.01. The molecule has 0 N–H and O–H groups in total. The van der Waals surface area contributed by atoms with Crippen LogP contribution in [0.15, 0.2) is 64.2 Å². The number of carbonyl (C=O) groups excluding carboxylic acids is 1. The number of nitrogens with zero attached hydrogens (tertiary/aromatic N) is 4. The summed E-state index contributed by atoms with van der Waals surface area (Å²) in [5.74, 6) is -0.530. The second kappa shape index (κ2) is 7.63. The highest BCUT2D eigenvalue weighted by Crippen LogP contribution is 2.29. The first kappa shape index (κ1) is 21.3. The van der Waals surface area contributed by atoms with Crippen molar-refractivity contribution in [2.24, 2.45) is 14.1 Å². The molecule has 7 nitrogen and oxygen atoms in total. The van der Waals surface area contributed by atoms with Crippen molar-refractivity contribution in [3.8, 4) is 0 Å². The molecular formula is C22H17F3N4O3. The topological polar surface area (TPSA) is 78.9 Å². The van der Waals surface area contributed by atoms with Crippen molar-refractivity contribution in [2.75, 3.05) is 0 Å². The Morgan fingerprint density at radius 1 is 0.938 bits per heavy atom. The fourth-order valence-corrected chi connectivity index (χ4v) is 3.49. The highest BCUT2D eigenvalue weighted by Gasteiger charge is 2.31. The van der Waals surface area contributed by atoms with Gasteiger partial charge in [-0.2, -0.15) is 13.2 Å². The Bertz CT molecular complexity index is 1450. The van der Waals surface area contributed by atoms with Gasteiger partial charge in [0, 0.05) is 26.1 Å². The smallest absolute Gasteiger partial charge is 0.279 e. The summed E-state index contributed by atoms with van der Waals surface area (Å²) >= 11 is 0. The molecule has 0 bridgehead atoms. The van der Waals surface area contributed by atoms with Gasteiger partial charge in [-0.15, -0.1) is 0 Å². The number of halogens is 3. The van der Waals surface area contributed by atoms with Gasteiger partial charge in [0.2, 0.25) is 0 Å². The minimum Gasteiger partial charge on any atom is -0.279 e. The standard InChI is InChI=1S/C22H17F3N4O3/c1-27-18-17(20(31)28(2)21(27)32)29(16(26-18)12-13-6-4-3-5-7-13)19(30)14-8-10-15(11-9-14)22(23,24)25/h3-11H,12H2,1-2H3. The van der Waals surface area contributed by atoms with Crippen molar-refractivity contribution in [1.82, 2.24) is 18.7 Å². The summed E-state index contributed by atoms with van der Waals surface area (Å²) in [4.78, 5) is 43.0. The average molecular weight is 442 g/mol. The van der Waals surface area contributed by atoms with Gasteiger partial charge in [0.25, 0.3) is 11.5 Å². The summed E-state index contributed by atoms with van der Waals surface area (Å²) in [5, 5.41) is 0. The number of aryl methyl sites for hydroxylation is 1. The molecule has 0 spiro atoms. The summed E-state index contributed by atoms with van der Waals surface area (Å²) < 4.78 is 41.8. The first-order chi connectivity index (χ1) is 15.1. The largest absolute Gasteiger partial charge is 0.416 e. The van der Waals surface area contributed by atoms with Crippen LogP contribution in [0.3, 0.4) is 0 Å². The molecule has 0 saturated carbocycles. The number of alkyl halides is 3. The fraction of sp³-hybridized carbons (Fsp3) is 0.182. The van der Waals surface area contributed by atoms with Gasteiger partial charge in [-0.25, -0.2) is 9.78 Å². The van der Waals surface area contributed by atoms with Gasteiger partial charge in [0.15, 0.2) is 11.2 Å². The zero-order valence-corrected chi connectivity index (χ0v) is 17.1. The van der Waals surface area contributed by atoms with E-state index in [-0.39, 0.29) is 29.0 Å². The van der Waals surface area contributed by atoms with Gasteiger partial charge in [-0.05, 0) is 29.8 Å². The van der Waals surface area contributed by atoms with E-state index >= 15 is 0 Å². The maximum absolute atomic E-state index is 13.4.